The largest absolute Gasteiger partial charge is 0.392 e. The van der Waals surface area contributed by atoms with Crippen molar-refractivity contribution >= 4 is 5.82 Å². The third-order valence-electron chi connectivity index (χ3n) is 5.11. The van der Waals surface area contributed by atoms with Crippen LogP contribution in [-0.2, 0) is 6.61 Å². The number of piperidine rings is 1. The number of nitrogens with one attached hydrogen (secondary N) is 1. The van der Waals surface area contributed by atoms with E-state index in [1.54, 1.807) is 6.20 Å². The molecule has 0 amide bonds. The lowest BCUT2D eigenvalue weighted by Gasteiger charge is -2.36. The first-order chi connectivity index (χ1) is 10.8. The number of hydrogen-bond donors (Lipinski definition) is 2. The first-order valence-electron chi connectivity index (χ1n) is 8.88. The van der Waals surface area contributed by atoms with Crippen molar-refractivity contribution in [3.8, 4) is 0 Å². The van der Waals surface area contributed by atoms with Crippen molar-refractivity contribution in [3.05, 3.63) is 23.9 Å². The van der Waals surface area contributed by atoms with E-state index >= 15 is 0 Å². The van der Waals surface area contributed by atoms with Gasteiger partial charge in [-0.25, -0.2) is 4.98 Å². The Hall–Kier alpha value is -1.13. The molecule has 2 fully saturated rings. The summed E-state index contributed by atoms with van der Waals surface area (Å²) in [6.07, 6.45) is 11.4. The summed E-state index contributed by atoms with van der Waals surface area (Å²) in [5.41, 5.74) is 0.869. The number of anilines is 1. The minimum atomic E-state index is 0.0614. The van der Waals surface area contributed by atoms with Gasteiger partial charge in [0, 0.05) is 25.3 Å². The molecule has 1 atom stereocenters. The minimum Gasteiger partial charge on any atom is -0.392 e. The van der Waals surface area contributed by atoms with E-state index in [0.29, 0.717) is 6.04 Å². The Morgan fingerprint density at radius 3 is 2.73 bits per heavy atom. The molecule has 0 unspecified atom stereocenters. The van der Waals surface area contributed by atoms with Gasteiger partial charge < -0.3 is 15.3 Å². The zero-order valence-electron chi connectivity index (χ0n) is 13.5. The zero-order valence-corrected chi connectivity index (χ0v) is 13.5. The maximum absolute atomic E-state index is 9.07. The molecule has 122 valence electrons. The van der Waals surface area contributed by atoms with Crippen molar-refractivity contribution in [3.63, 3.8) is 0 Å². The summed E-state index contributed by atoms with van der Waals surface area (Å²) in [5, 5.41) is 12.6. The third-order valence-corrected chi connectivity index (χ3v) is 5.11. The fourth-order valence-corrected chi connectivity index (χ4v) is 3.89. The highest BCUT2D eigenvalue weighted by molar-refractivity contribution is 5.36. The van der Waals surface area contributed by atoms with Gasteiger partial charge in [-0.15, -0.1) is 0 Å². The van der Waals surface area contributed by atoms with E-state index in [1.807, 2.05) is 12.1 Å². The summed E-state index contributed by atoms with van der Waals surface area (Å²) in [4.78, 5) is 7.05. The smallest absolute Gasteiger partial charge is 0.126 e. The Balaban J connectivity index is 1.49. The number of pyridine rings is 1. The predicted molar refractivity (Wildman–Crippen MR) is 89.8 cm³/mol. The van der Waals surface area contributed by atoms with Gasteiger partial charge >= 0.3 is 0 Å². The SMILES string of the molecule is OCc1ccc(N[C@H]2CCCN(CC3CCCCC3)C2)nc1. The molecule has 1 aromatic rings. The maximum Gasteiger partial charge on any atom is 0.126 e. The van der Waals surface area contributed by atoms with Gasteiger partial charge in [0.2, 0.25) is 0 Å². The summed E-state index contributed by atoms with van der Waals surface area (Å²) in [7, 11) is 0. The van der Waals surface area contributed by atoms with Crippen LogP contribution in [0, 0.1) is 5.92 Å². The molecule has 1 aliphatic carbocycles. The van der Waals surface area contributed by atoms with E-state index in [4.69, 9.17) is 5.11 Å². The van der Waals surface area contributed by atoms with Crippen molar-refractivity contribution < 1.29 is 5.11 Å². The fraction of sp³-hybridized carbons (Fsp3) is 0.722. The fourth-order valence-electron chi connectivity index (χ4n) is 3.89. The van der Waals surface area contributed by atoms with Crippen LogP contribution in [0.1, 0.15) is 50.5 Å². The van der Waals surface area contributed by atoms with Crippen molar-refractivity contribution in [2.24, 2.45) is 5.92 Å². The first-order valence-corrected chi connectivity index (χ1v) is 8.88. The minimum absolute atomic E-state index is 0.0614. The van der Waals surface area contributed by atoms with Crippen molar-refractivity contribution in [1.29, 1.82) is 0 Å². The second kappa shape index (κ2) is 7.93. The highest BCUT2D eigenvalue weighted by atomic mass is 16.3. The van der Waals surface area contributed by atoms with Crippen molar-refractivity contribution in [1.82, 2.24) is 9.88 Å². The van der Waals surface area contributed by atoms with E-state index in [2.05, 4.69) is 15.2 Å². The van der Waals surface area contributed by atoms with Crippen LogP contribution in [0.5, 0.6) is 0 Å². The van der Waals surface area contributed by atoms with E-state index in [9.17, 15) is 0 Å². The van der Waals surface area contributed by atoms with Crippen LogP contribution in [-0.4, -0.2) is 40.7 Å². The highest BCUT2D eigenvalue weighted by Crippen LogP contribution is 2.25. The molecule has 4 nitrogen and oxygen atoms in total. The molecule has 0 aromatic carbocycles. The number of nitrogens with zero attached hydrogens (tertiary/aromatic N) is 2. The first kappa shape index (κ1) is 15.8. The molecule has 22 heavy (non-hydrogen) atoms. The summed E-state index contributed by atoms with van der Waals surface area (Å²) in [6, 6.07) is 4.42. The lowest BCUT2D eigenvalue weighted by molar-refractivity contribution is 0.166. The van der Waals surface area contributed by atoms with E-state index in [-0.39, 0.29) is 6.61 Å². The average molecular weight is 303 g/mol. The molecule has 1 saturated heterocycles. The van der Waals surface area contributed by atoms with Crippen molar-refractivity contribution in [2.75, 3.05) is 25.0 Å². The molecule has 1 aromatic heterocycles. The van der Waals surface area contributed by atoms with Gasteiger partial charge in [0.15, 0.2) is 0 Å². The zero-order chi connectivity index (χ0) is 15.2. The normalized spacial score (nSPS) is 24.3. The summed E-state index contributed by atoms with van der Waals surface area (Å²) in [6.45, 7) is 3.74. The van der Waals surface area contributed by atoms with Gasteiger partial charge in [0.25, 0.3) is 0 Å². The topological polar surface area (TPSA) is 48.4 Å². The van der Waals surface area contributed by atoms with Crippen LogP contribution in [0.2, 0.25) is 0 Å². The van der Waals surface area contributed by atoms with Crippen LogP contribution >= 0.6 is 0 Å². The van der Waals surface area contributed by atoms with Crippen LogP contribution in [0.25, 0.3) is 0 Å². The monoisotopic (exact) mass is 303 g/mol. The molecule has 3 rings (SSSR count). The second-order valence-electron chi connectivity index (χ2n) is 6.96. The number of aliphatic hydroxyl groups is 1. The summed E-state index contributed by atoms with van der Waals surface area (Å²) in [5.74, 6) is 1.86. The Morgan fingerprint density at radius 1 is 1.14 bits per heavy atom. The summed E-state index contributed by atoms with van der Waals surface area (Å²) < 4.78 is 0. The van der Waals surface area contributed by atoms with Crippen LogP contribution in [0.4, 0.5) is 5.82 Å². The van der Waals surface area contributed by atoms with Crippen molar-refractivity contribution in [2.45, 2.75) is 57.6 Å². The lowest BCUT2D eigenvalue weighted by Crippen LogP contribution is -2.44. The van der Waals surface area contributed by atoms with Crippen LogP contribution in [0.15, 0.2) is 18.3 Å². The van der Waals surface area contributed by atoms with Gasteiger partial charge in [-0.2, -0.15) is 0 Å². The molecule has 0 radical (unpaired) electrons. The number of likely N-dealkylation sites (tertiary alicyclic amines) is 1. The van der Waals surface area contributed by atoms with E-state index < -0.39 is 0 Å². The van der Waals surface area contributed by atoms with Crippen LogP contribution < -0.4 is 5.32 Å². The van der Waals surface area contributed by atoms with E-state index in [1.165, 1.54) is 58.0 Å². The Kier molecular flexibility index (Phi) is 5.68. The molecule has 4 heteroatoms. The standard InChI is InChI=1S/C18H29N3O/c22-14-16-8-9-18(19-11-16)20-17-7-4-10-21(13-17)12-15-5-2-1-3-6-15/h8-9,11,15,17,22H,1-7,10,12-14H2,(H,19,20)/t17-/m0/s1. The number of aromatic nitrogens is 1. The molecular formula is C18H29N3O. The van der Waals surface area contributed by atoms with Gasteiger partial charge in [0.1, 0.15) is 5.82 Å². The molecule has 2 heterocycles. The molecular weight excluding hydrogens is 274 g/mol. The molecule has 1 aliphatic heterocycles. The number of rotatable bonds is 5. The maximum atomic E-state index is 9.07. The highest BCUT2D eigenvalue weighted by Gasteiger charge is 2.23. The third kappa shape index (κ3) is 4.43. The quantitative estimate of drug-likeness (QED) is 0.878. The molecule has 2 N–H and O–H groups in total. The number of hydrogen-bond acceptors (Lipinski definition) is 4. The Morgan fingerprint density at radius 2 is 2.00 bits per heavy atom. The average Bonchev–Trinajstić information content (AvgIpc) is 2.57. The molecule has 2 aliphatic rings. The van der Waals surface area contributed by atoms with Gasteiger partial charge in [-0.1, -0.05) is 25.3 Å². The molecule has 0 spiro atoms. The number of aliphatic hydroxyl groups excluding tert-OH is 1. The molecule has 1 saturated carbocycles. The van der Waals surface area contributed by atoms with Crippen LogP contribution in [0.3, 0.4) is 0 Å². The molecule has 0 bridgehead atoms. The second-order valence-corrected chi connectivity index (χ2v) is 6.96. The Labute approximate surface area is 133 Å². The lowest BCUT2D eigenvalue weighted by atomic mass is 9.88. The Bertz CT molecular complexity index is 442. The van der Waals surface area contributed by atoms with Gasteiger partial charge in [0.05, 0.1) is 6.61 Å². The van der Waals surface area contributed by atoms with E-state index in [0.717, 1.165) is 23.8 Å². The van der Waals surface area contributed by atoms with Gasteiger partial charge in [-0.05, 0) is 49.8 Å². The predicted octanol–water partition coefficient (Wildman–Crippen LogP) is 3.03. The van der Waals surface area contributed by atoms with Gasteiger partial charge in [-0.3, -0.25) is 0 Å². The summed E-state index contributed by atoms with van der Waals surface area (Å²) >= 11 is 0.